The summed E-state index contributed by atoms with van der Waals surface area (Å²) in [6, 6.07) is 0. The van der Waals surface area contributed by atoms with E-state index in [0.29, 0.717) is 6.29 Å². The van der Waals surface area contributed by atoms with Crippen molar-refractivity contribution in [1.29, 1.82) is 0 Å². The smallest absolute Gasteiger partial charge is 0.347 e. The summed E-state index contributed by atoms with van der Waals surface area (Å²) in [5.74, 6) is -7.14. The van der Waals surface area contributed by atoms with Crippen LogP contribution in [0.2, 0.25) is 0 Å². The number of methoxy groups -OCH3 is 1. The molecule has 0 aliphatic heterocycles. The van der Waals surface area contributed by atoms with Crippen molar-refractivity contribution in [2.45, 2.75) is 45.6 Å². The number of carbonyl (C=O) groups is 8. The largest absolute Gasteiger partial charge is 0.452 e. The highest BCUT2D eigenvalue weighted by atomic mass is 32.2. The van der Waals surface area contributed by atoms with E-state index < -0.39 is 80.4 Å². The van der Waals surface area contributed by atoms with Gasteiger partial charge in [0.25, 0.3) is 0 Å². The molecule has 0 aliphatic rings. The van der Waals surface area contributed by atoms with Crippen molar-refractivity contribution in [3.63, 3.8) is 0 Å². The van der Waals surface area contributed by atoms with Crippen LogP contribution in [0.15, 0.2) is 11.6 Å². The van der Waals surface area contributed by atoms with Crippen molar-refractivity contribution in [3.8, 4) is 0 Å². The van der Waals surface area contributed by atoms with Crippen LogP contribution in [0.3, 0.4) is 0 Å². The third-order valence-corrected chi connectivity index (χ3v) is 5.83. The molecule has 2 atom stereocenters. The van der Waals surface area contributed by atoms with E-state index in [0.717, 1.165) is 0 Å². The van der Waals surface area contributed by atoms with E-state index in [1.54, 1.807) is 20.1 Å². The summed E-state index contributed by atoms with van der Waals surface area (Å²) in [6.07, 6.45) is 2.80. The molecule has 0 N–H and O–H groups in total. The predicted octanol–water partition coefficient (Wildman–Crippen LogP) is 0.492. The zero-order valence-electron chi connectivity index (χ0n) is 24.1. The van der Waals surface area contributed by atoms with Gasteiger partial charge in [0.15, 0.2) is 31.7 Å². The van der Waals surface area contributed by atoms with Gasteiger partial charge in [0.1, 0.15) is 12.4 Å². The standard InChI is InChI=1S/C26H36O15S/c1-6-17(3)24(33)41-26(15-27,9-19(28)14-42-5)8-18(7-2)25(34)40-16-39-23(32)13-38-22(31)12-37-21(30)11-36-20(29)10-35-4/h6,15,18H,7-14,16H2,1-5H3/b17-6+. The number of carbonyl (C=O) groups excluding carboxylic acids is 8. The van der Waals surface area contributed by atoms with Crippen LogP contribution in [0.25, 0.3) is 0 Å². The van der Waals surface area contributed by atoms with Crippen LogP contribution in [0, 0.1) is 5.92 Å². The van der Waals surface area contributed by atoms with Crippen LogP contribution in [0.1, 0.15) is 40.0 Å². The van der Waals surface area contributed by atoms with Gasteiger partial charge in [-0.2, -0.15) is 11.8 Å². The van der Waals surface area contributed by atoms with Crippen LogP contribution in [0.5, 0.6) is 0 Å². The Bertz CT molecular complexity index is 1010. The van der Waals surface area contributed by atoms with Gasteiger partial charge in [-0.3, -0.25) is 14.4 Å². The van der Waals surface area contributed by atoms with Gasteiger partial charge in [-0.15, -0.1) is 0 Å². The second-order valence-electron chi connectivity index (χ2n) is 8.51. The highest BCUT2D eigenvalue weighted by molar-refractivity contribution is 7.99. The van der Waals surface area contributed by atoms with Crippen LogP contribution in [0.4, 0.5) is 0 Å². The molecule has 42 heavy (non-hydrogen) atoms. The highest BCUT2D eigenvalue weighted by Crippen LogP contribution is 2.28. The number of Topliss-reactive ketones (excluding diaryl/α,β-unsaturated/α-hetero) is 1. The maximum atomic E-state index is 12.6. The first-order valence-electron chi connectivity index (χ1n) is 12.5. The molecule has 0 heterocycles. The topological polar surface area (TPSA) is 201 Å². The molecule has 0 aromatic heterocycles. The summed E-state index contributed by atoms with van der Waals surface area (Å²) in [5.41, 5.74) is -1.73. The molecule has 16 heteroatoms. The molecular weight excluding hydrogens is 584 g/mol. The summed E-state index contributed by atoms with van der Waals surface area (Å²) >= 11 is 1.22. The zero-order chi connectivity index (χ0) is 32.1. The number of aldehydes is 1. The molecule has 0 radical (unpaired) electrons. The highest BCUT2D eigenvalue weighted by Gasteiger charge is 2.41. The van der Waals surface area contributed by atoms with Crippen molar-refractivity contribution >= 4 is 59.6 Å². The first-order chi connectivity index (χ1) is 19.9. The molecule has 0 aliphatic carbocycles. The molecule has 0 fully saturated rings. The maximum Gasteiger partial charge on any atom is 0.347 e. The summed E-state index contributed by atoms with van der Waals surface area (Å²) in [4.78, 5) is 95.4. The Morgan fingerprint density at radius 1 is 0.833 bits per heavy atom. The fraction of sp³-hybridized carbons (Fsp3) is 0.615. The molecule has 0 bridgehead atoms. The quantitative estimate of drug-likeness (QED) is 0.0563. The monoisotopic (exact) mass is 620 g/mol. The van der Waals surface area contributed by atoms with Crippen molar-refractivity contribution in [3.05, 3.63) is 11.6 Å². The fourth-order valence-electron chi connectivity index (χ4n) is 2.98. The first-order valence-corrected chi connectivity index (χ1v) is 13.9. The first kappa shape index (κ1) is 38.2. The third-order valence-electron chi connectivity index (χ3n) is 5.22. The van der Waals surface area contributed by atoms with Gasteiger partial charge in [-0.1, -0.05) is 13.0 Å². The molecular formula is C26H36O15S. The summed E-state index contributed by atoms with van der Waals surface area (Å²) < 4.78 is 33.1. The Hall–Kier alpha value is -3.79. The molecule has 236 valence electrons. The number of thioether (sulfide) groups is 1. The fourth-order valence-corrected chi connectivity index (χ4v) is 3.40. The van der Waals surface area contributed by atoms with Crippen LogP contribution < -0.4 is 0 Å². The summed E-state index contributed by atoms with van der Waals surface area (Å²) in [7, 11) is 1.25. The molecule has 15 nitrogen and oxygen atoms in total. The number of ether oxygens (including phenoxy) is 7. The van der Waals surface area contributed by atoms with E-state index in [2.05, 4.69) is 23.7 Å². The Morgan fingerprint density at radius 3 is 1.81 bits per heavy atom. The van der Waals surface area contributed by atoms with Crippen molar-refractivity contribution in [2.24, 2.45) is 5.92 Å². The van der Waals surface area contributed by atoms with Gasteiger partial charge >= 0.3 is 35.8 Å². The summed E-state index contributed by atoms with van der Waals surface area (Å²) in [5, 5.41) is 0. The molecule has 0 aromatic carbocycles. The minimum atomic E-state index is -1.92. The van der Waals surface area contributed by atoms with Crippen molar-refractivity contribution in [2.75, 3.05) is 52.3 Å². The van der Waals surface area contributed by atoms with E-state index in [1.807, 2.05) is 0 Å². The van der Waals surface area contributed by atoms with Gasteiger partial charge in [0.05, 0.1) is 18.1 Å². The second kappa shape index (κ2) is 21.0. The lowest BCUT2D eigenvalue weighted by Crippen LogP contribution is -2.43. The van der Waals surface area contributed by atoms with Crippen LogP contribution in [-0.4, -0.2) is 106 Å². The van der Waals surface area contributed by atoms with Gasteiger partial charge in [0.2, 0.25) is 6.79 Å². The van der Waals surface area contributed by atoms with Gasteiger partial charge in [-0.05, 0) is 26.5 Å². The summed E-state index contributed by atoms with van der Waals surface area (Å²) in [6.45, 7) is 0.870. The van der Waals surface area contributed by atoms with Gasteiger partial charge < -0.3 is 33.2 Å². The Morgan fingerprint density at radius 2 is 1.36 bits per heavy atom. The number of hydrogen-bond acceptors (Lipinski definition) is 16. The lowest BCUT2D eigenvalue weighted by Gasteiger charge is -2.30. The van der Waals surface area contributed by atoms with E-state index in [9.17, 15) is 38.4 Å². The average Bonchev–Trinajstić information content (AvgIpc) is 2.96. The average molecular weight is 621 g/mol. The normalized spacial score (nSPS) is 13.0. The molecule has 0 saturated heterocycles. The third kappa shape index (κ3) is 15.9. The number of ketones is 1. The number of esters is 6. The van der Waals surface area contributed by atoms with Crippen LogP contribution >= 0.6 is 11.8 Å². The Kier molecular flexibility index (Phi) is 19.1. The molecule has 0 amide bonds. The van der Waals surface area contributed by atoms with E-state index in [-0.39, 0.29) is 36.6 Å². The van der Waals surface area contributed by atoms with E-state index in [1.165, 1.54) is 31.9 Å². The molecule has 0 rings (SSSR count). The number of hydrogen-bond donors (Lipinski definition) is 0. The Balaban J connectivity index is 4.86. The van der Waals surface area contributed by atoms with Crippen molar-refractivity contribution in [1.82, 2.24) is 0 Å². The Labute approximate surface area is 246 Å². The number of rotatable bonds is 21. The van der Waals surface area contributed by atoms with Crippen molar-refractivity contribution < 1.29 is 71.5 Å². The minimum absolute atomic E-state index is 0.0598. The zero-order valence-corrected chi connectivity index (χ0v) is 24.9. The second-order valence-corrected chi connectivity index (χ2v) is 9.38. The van der Waals surface area contributed by atoms with Crippen LogP contribution in [-0.2, 0) is 71.5 Å². The lowest BCUT2D eigenvalue weighted by molar-refractivity contribution is -0.179. The van der Waals surface area contributed by atoms with E-state index >= 15 is 0 Å². The predicted molar refractivity (Wildman–Crippen MR) is 143 cm³/mol. The molecule has 0 aromatic rings. The van der Waals surface area contributed by atoms with E-state index in [4.69, 9.17) is 9.47 Å². The molecule has 0 spiro atoms. The maximum absolute atomic E-state index is 12.6. The minimum Gasteiger partial charge on any atom is -0.452 e. The molecule has 0 saturated carbocycles. The lowest BCUT2D eigenvalue weighted by atomic mass is 9.86. The van der Waals surface area contributed by atoms with Gasteiger partial charge in [0, 0.05) is 19.1 Å². The SMILES string of the molecule is C/C=C(\C)C(=O)OC(C=O)(CC(=O)CSC)CC(CC)C(=O)OCOC(=O)COC(=O)COC(=O)COC(=O)COC. The molecule has 2 unspecified atom stereocenters. The van der Waals surface area contributed by atoms with Gasteiger partial charge in [-0.25, -0.2) is 24.0 Å². The number of allylic oxidation sites excluding steroid dienone is 1.